The SMILES string of the molecule is O=C(CC1C(=O)Nc2ccccc2N1S(=O)(=O)c1cc(C(F)(F)F)ccc1Cl)Nc1ccccc1. The molecule has 1 unspecified atom stereocenters. The van der Waals surface area contributed by atoms with Crippen LogP contribution in [0.2, 0.25) is 5.02 Å². The molecule has 0 saturated carbocycles. The molecule has 1 aliphatic heterocycles. The van der Waals surface area contributed by atoms with E-state index in [-0.39, 0.29) is 11.4 Å². The van der Waals surface area contributed by atoms with Gasteiger partial charge in [0.15, 0.2) is 0 Å². The lowest BCUT2D eigenvalue weighted by Gasteiger charge is -2.37. The molecule has 182 valence electrons. The minimum atomic E-state index is -4.83. The zero-order valence-corrected chi connectivity index (χ0v) is 19.3. The molecule has 1 heterocycles. The number of nitrogens with zero attached hydrogens (tertiary/aromatic N) is 1. The first-order chi connectivity index (χ1) is 16.5. The van der Waals surface area contributed by atoms with Crippen molar-refractivity contribution in [3.63, 3.8) is 0 Å². The van der Waals surface area contributed by atoms with Crippen LogP contribution in [0, 0.1) is 0 Å². The Morgan fingerprint density at radius 1 is 1.03 bits per heavy atom. The van der Waals surface area contributed by atoms with E-state index in [1.54, 1.807) is 36.4 Å². The minimum absolute atomic E-state index is 0.0157. The summed E-state index contributed by atoms with van der Waals surface area (Å²) >= 11 is 6.02. The third-order valence-corrected chi connectivity index (χ3v) is 7.52. The number of carbonyl (C=O) groups is 2. The van der Waals surface area contributed by atoms with E-state index in [4.69, 9.17) is 11.6 Å². The van der Waals surface area contributed by atoms with E-state index in [1.807, 2.05) is 0 Å². The molecule has 0 aromatic heterocycles. The fourth-order valence-electron chi connectivity index (χ4n) is 3.63. The van der Waals surface area contributed by atoms with Crippen LogP contribution in [0.15, 0.2) is 77.7 Å². The molecular formula is C23H17ClF3N3O4S. The molecule has 1 atom stereocenters. The van der Waals surface area contributed by atoms with Gasteiger partial charge in [0, 0.05) is 5.69 Å². The second kappa shape index (κ2) is 9.23. The lowest BCUT2D eigenvalue weighted by Crippen LogP contribution is -2.52. The molecule has 2 amide bonds. The highest BCUT2D eigenvalue weighted by atomic mass is 35.5. The largest absolute Gasteiger partial charge is 0.416 e. The molecule has 3 aromatic rings. The fourth-order valence-corrected chi connectivity index (χ4v) is 5.76. The molecule has 0 radical (unpaired) electrons. The van der Waals surface area contributed by atoms with Gasteiger partial charge < -0.3 is 10.6 Å². The number of fused-ring (bicyclic) bond motifs is 1. The van der Waals surface area contributed by atoms with Gasteiger partial charge in [0.1, 0.15) is 10.9 Å². The van der Waals surface area contributed by atoms with Gasteiger partial charge in [0.25, 0.3) is 10.0 Å². The number of benzene rings is 3. The Hall–Kier alpha value is -3.57. The third kappa shape index (κ3) is 4.96. The molecule has 0 aliphatic carbocycles. The predicted octanol–water partition coefficient (Wildman–Crippen LogP) is 4.90. The van der Waals surface area contributed by atoms with Crippen molar-refractivity contribution in [2.75, 3.05) is 14.9 Å². The molecule has 35 heavy (non-hydrogen) atoms. The fraction of sp³-hybridized carbons (Fsp3) is 0.130. The molecule has 0 bridgehead atoms. The average Bonchev–Trinajstić information content (AvgIpc) is 2.79. The monoisotopic (exact) mass is 523 g/mol. The smallest absolute Gasteiger partial charge is 0.326 e. The van der Waals surface area contributed by atoms with Crippen molar-refractivity contribution in [1.82, 2.24) is 0 Å². The molecule has 3 aromatic carbocycles. The van der Waals surface area contributed by atoms with Gasteiger partial charge >= 0.3 is 6.18 Å². The van der Waals surface area contributed by atoms with Crippen molar-refractivity contribution in [1.29, 1.82) is 0 Å². The van der Waals surface area contributed by atoms with Crippen LogP contribution in [0.1, 0.15) is 12.0 Å². The number of amides is 2. The summed E-state index contributed by atoms with van der Waals surface area (Å²) in [5, 5.41) is 4.65. The minimum Gasteiger partial charge on any atom is -0.326 e. The Bertz CT molecular complexity index is 1400. The first-order valence-corrected chi connectivity index (χ1v) is 12.0. The number of halogens is 4. The van der Waals surface area contributed by atoms with Crippen LogP contribution in [0.5, 0.6) is 0 Å². The Morgan fingerprint density at radius 2 is 1.69 bits per heavy atom. The van der Waals surface area contributed by atoms with E-state index < -0.39 is 56.0 Å². The summed E-state index contributed by atoms with van der Waals surface area (Å²) in [7, 11) is -4.83. The van der Waals surface area contributed by atoms with E-state index in [0.717, 1.165) is 6.07 Å². The molecule has 0 saturated heterocycles. The average molecular weight is 524 g/mol. The predicted molar refractivity (Wildman–Crippen MR) is 125 cm³/mol. The first-order valence-electron chi connectivity index (χ1n) is 10.1. The molecular weight excluding hydrogens is 507 g/mol. The standard InChI is InChI=1S/C23H17ClF3N3O4S/c24-16-11-10-14(23(25,26)27)12-20(16)35(33,34)30-18-9-5-4-8-17(18)29-22(32)19(30)13-21(31)28-15-6-2-1-3-7-15/h1-12,19H,13H2,(H,28,31)(H,29,32). The van der Waals surface area contributed by atoms with Crippen LogP contribution < -0.4 is 14.9 Å². The third-order valence-electron chi connectivity index (χ3n) is 5.22. The quantitative estimate of drug-likeness (QED) is 0.497. The molecule has 7 nitrogen and oxygen atoms in total. The van der Waals surface area contributed by atoms with Crippen molar-refractivity contribution in [2.45, 2.75) is 23.5 Å². The van der Waals surface area contributed by atoms with Crippen LogP contribution in [0.25, 0.3) is 0 Å². The van der Waals surface area contributed by atoms with Crippen molar-refractivity contribution in [2.24, 2.45) is 0 Å². The Morgan fingerprint density at radius 3 is 2.37 bits per heavy atom. The molecule has 2 N–H and O–H groups in total. The number of nitrogens with one attached hydrogen (secondary N) is 2. The number of rotatable bonds is 5. The summed E-state index contributed by atoms with van der Waals surface area (Å²) in [5.41, 5.74) is -0.708. The second-order valence-corrected chi connectivity index (χ2v) is 9.77. The normalized spacial score (nSPS) is 15.8. The number of anilines is 3. The maximum Gasteiger partial charge on any atom is 0.416 e. The van der Waals surface area contributed by atoms with Crippen molar-refractivity contribution in [3.8, 4) is 0 Å². The first kappa shape index (κ1) is 24.6. The Labute approximate surface area is 203 Å². The van der Waals surface area contributed by atoms with Gasteiger partial charge in [-0.05, 0) is 42.5 Å². The number of para-hydroxylation sites is 3. The van der Waals surface area contributed by atoms with Gasteiger partial charge in [-0.15, -0.1) is 0 Å². The van der Waals surface area contributed by atoms with Crippen molar-refractivity contribution < 1.29 is 31.2 Å². The summed E-state index contributed by atoms with van der Waals surface area (Å²) in [6.07, 6.45) is -5.44. The molecule has 1 aliphatic rings. The Kier molecular flexibility index (Phi) is 6.48. The van der Waals surface area contributed by atoms with Crippen molar-refractivity contribution in [3.05, 3.63) is 83.4 Å². The van der Waals surface area contributed by atoms with Gasteiger partial charge in [-0.3, -0.25) is 13.9 Å². The Balaban J connectivity index is 1.79. The lowest BCUT2D eigenvalue weighted by atomic mass is 10.1. The van der Waals surface area contributed by atoms with Crippen LogP contribution in [0.3, 0.4) is 0 Å². The highest BCUT2D eigenvalue weighted by molar-refractivity contribution is 7.93. The summed E-state index contributed by atoms with van der Waals surface area (Å²) in [6, 6.07) is 14.4. The summed E-state index contributed by atoms with van der Waals surface area (Å²) in [4.78, 5) is 24.8. The number of hydrogen-bond acceptors (Lipinski definition) is 4. The van der Waals surface area contributed by atoms with E-state index in [0.29, 0.717) is 22.1 Å². The topological polar surface area (TPSA) is 95.6 Å². The van der Waals surface area contributed by atoms with Gasteiger partial charge in [0.05, 0.1) is 28.4 Å². The summed E-state index contributed by atoms with van der Waals surface area (Å²) in [6.45, 7) is 0. The number of hydrogen-bond donors (Lipinski definition) is 2. The highest BCUT2D eigenvalue weighted by Crippen LogP contribution is 2.40. The lowest BCUT2D eigenvalue weighted by molar-refractivity contribution is -0.137. The van der Waals surface area contributed by atoms with Crippen molar-refractivity contribution >= 4 is 50.5 Å². The van der Waals surface area contributed by atoms with Crippen LogP contribution in [0.4, 0.5) is 30.2 Å². The van der Waals surface area contributed by atoms with Gasteiger partial charge in [-0.1, -0.05) is 41.9 Å². The zero-order chi connectivity index (χ0) is 25.4. The molecule has 0 fully saturated rings. The van der Waals surface area contributed by atoms with E-state index in [9.17, 15) is 31.2 Å². The van der Waals surface area contributed by atoms with Crippen LogP contribution >= 0.6 is 11.6 Å². The number of sulfonamides is 1. The summed E-state index contributed by atoms with van der Waals surface area (Å²) < 4.78 is 68.0. The summed E-state index contributed by atoms with van der Waals surface area (Å²) in [5.74, 6) is -1.50. The van der Waals surface area contributed by atoms with E-state index >= 15 is 0 Å². The van der Waals surface area contributed by atoms with Gasteiger partial charge in [0.2, 0.25) is 11.8 Å². The molecule has 0 spiro atoms. The second-order valence-electron chi connectivity index (χ2n) is 7.58. The van der Waals surface area contributed by atoms with E-state index in [1.165, 1.54) is 18.2 Å². The maximum atomic E-state index is 13.7. The van der Waals surface area contributed by atoms with Gasteiger partial charge in [-0.2, -0.15) is 13.2 Å². The van der Waals surface area contributed by atoms with Gasteiger partial charge in [-0.25, -0.2) is 8.42 Å². The van der Waals surface area contributed by atoms with E-state index in [2.05, 4.69) is 10.6 Å². The van der Waals surface area contributed by atoms with Crippen LogP contribution in [-0.2, 0) is 25.8 Å². The number of alkyl halides is 3. The highest BCUT2D eigenvalue weighted by Gasteiger charge is 2.43. The van der Waals surface area contributed by atoms with Crippen LogP contribution in [-0.4, -0.2) is 26.3 Å². The molecule has 12 heteroatoms. The number of carbonyl (C=O) groups excluding carboxylic acids is 2. The maximum absolute atomic E-state index is 13.7. The molecule has 4 rings (SSSR count). The zero-order valence-electron chi connectivity index (χ0n) is 17.7.